The van der Waals surface area contributed by atoms with Gasteiger partial charge in [-0.3, -0.25) is 9.48 Å². The fourth-order valence-corrected chi connectivity index (χ4v) is 2.14. The first-order valence-corrected chi connectivity index (χ1v) is 5.93. The Morgan fingerprint density at radius 3 is 3.00 bits per heavy atom. The average molecular weight is 237 g/mol. The van der Waals surface area contributed by atoms with Crippen LogP contribution in [0.25, 0.3) is 0 Å². The van der Waals surface area contributed by atoms with Crippen molar-refractivity contribution in [1.29, 1.82) is 0 Å². The van der Waals surface area contributed by atoms with E-state index in [0.717, 1.165) is 19.6 Å². The van der Waals surface area contributed by atoms with Crippen molar-refractivity contribution in [2.75, 3.05) is 19.6 Å². The zero-order chi connectivity index (χ0) is 12.3. The molecule has 1 N–H and O–H groups in total. The Morgan fingerprint density at radius 1 is 1.53 bits per heavy atom. The van der Waals surface area contributed by atoms with Gasteiger partial charge in [0.1, 0.15) is 12.7 Å². The number of amides is 1. The average Bonchev–Trinajstić information content (AvgIpc) is 2.78. The van der Waals surface area contributed by atoms with E-state index in [0.29, 0.717) is 13.0 Å². The molecule has 0 bridgehead atoms. The standard InChI is InChI=1S/C11H19N5O/c1-11(2)7-12-4-6-16(11)10(17)3-5-15-9-13-8-14-15/h8-9,12H,3-7H2,1-2H3. The molecule has 6 heteroatoms. The number of nitrogens with zero attached hydrogens (tertiary/aromatic N) is 4. The molecule has 94 valence electrons. The number of aromatic nitrogens is 3. The van der Waals surface area contributed by atoms with Crippen LogP contribution in [0.4, 0.5) is 0 Å². The summed E-state index contributed by atoms with van der Waals surface area (Å²) in [7, 11) is 0. The van der Waals surface area contributed by atoms with Crippen molar-refractivity contribution >= 4 is 5.91 Å². The predicted molar refractivity (Wildman–Crippen MR) is 63.3 cm³/mol. The van der Waals surface area contributed by atoms with Gasteiger partial charge in [-0.05, 0) is 13.8 Å². The number of piperazine rings is 1. The van der Waals surface area contributed by atoms with Crippen LogP contribution in [0, 0.1) is 0 Å². The van der Waals surface area contributed by atoms with E-state index in [1.807, 2.05) is 4.90 Å². The molecular formula is C11H19N5O. The summed E-state index contributed by atoms with van der Waals surface area (Å²) in [5.74, 6) is 0.187. The predicted octanol–water partition coefficient (Wildman–Crippen LogP) is -0.121. The molecule has 2 heterocycles. The Balaban J connectivity index is 1.90. The molecule has 1 aromatic heterocycles. The van der Waals surface area contributed by atoms with Crippen LogP contribution < -0.4 is 5.32 Å². The van der Waals surface area contributed by atoms with E-state index in [1.54, 1.807) is 11.0 Å². The van der Waals surface area contributed by atoms with E-state index >= 15 is 0 Å². The van der Waals surface area contributed by atoms with Gasteiger partial charge >= 0.3 is 0 Å². The maximum Gasteiger partial charge on any atom is 0.224 e. The number of nitrogens with one attached hydrogen (secondary N) is 1. The molecule has 1 aliphatic rings. The first-order valence-electron chi connectivity index (χ1n) is 5.93. The fraction of sp³-hybridized carbons (Fsp3) is 0.727. The molecule has 0 unspecified atom stereocenters. The highest BCUT2D eigenvalue weighted by Crippen LogP contribution is 2.17. The highest BCUT2D eigenvalue weighted by atomic mass is 16.2. The molecule has 2 rings (SSSR count). The molecule has 0 atom stereocenters. The summed E-state index contributed by atoms with van der Waals surface area (Å²) in [5.41, 5.74) is -0.0995. The van der Waals surface area contributed by atoms with Crippen LogP contribution >= 0.6 is 0 Å². The largest absolute Gasteiger partial charge is 0.335 e. The summed E-state index contributed by atoms with van der Waals surface area (Å²) in [6.07, 6.45) is 3.60. The zero-order valence-corrected chi connectivity index (χ0v) is 10.4. The monoisotopic (exact) mass is 237 g/mol. The Labute approximate surface area is 101 Å². The third kappa shape index (κ3) is 2.82. The summed E-state index contributed by atoms with van der Waals surface area (Å²) in [5, 5.41) is 7.30. The number of rotatable bonds is 3. The summed E-state index contributed by atoms with van der Waals surface area (Å²) in [6, 6.07) is 0. The minimum absolute atomic E-state index is 0.0995. The van der Waals surface area contributed by atoms with Gasteiger partial charge in [-0.2, -0.15) is 5.10 Å². The highest BCUT2D eigenvalue weighted by molar-refractivity contribution is 5.77. The zero-order valence-electron chi connectivity index (χ0n) is 10.4. The number of hydrogen-bond donors (Lipinski definition) is 1. The topological polar surface area (TPSA) is 63.1 Å². The summed E-state index contributed by atoms with van der Waals surface area (Å²) in [6.45, 7) is 7.28. The van der Waals surface area contributed by atoms with E-state index in [4.69, 9.17) is 0 Å². The van der Waals surface area contributed by atoms with Crippen LogP contribution in [0.1, 0.15) is 20.3 Å². The summed E-state index contributed by atoms with van der Waals surface area (Å²) >= 11 is 0. The third-order valence-corrected chi connectivity index (χ3v) is 3.12. The lowest BCUT2D eigenvalue weighted by molar-refractivity contribution is -0.138. The van der Waals surface area contributed by atoms with E-state index < -0.39 is 0 Å². The smallest absolute Gasteiger partial charge is 0.224 e. The van der Waals surface area contributed by atoms with Gasteiger partial charge in [0, 0.05) is 31.6 Å². The van der Waals surface area contributed by atoms with E-state index in [-0.39, 0.29) is 11.4 Å². The van der Waals surface area contributed by atoms with E-state index in [9.17, 15) is 4.79 Å². The van der Waals surface area contributed by atoms with Crippen LogP contribution in [-0.2, 0) is 11.3 Å². The first-order chi connectivity index (χ1) is 8.09. The number of aryl methyl sites for hydroxylation is 1. The van der Waals surface area contributed by atoms with Crippen LogP contribution in [0.3, 0.4) is 0 Å². The molecule has 6 nitrogen and oxygen atoms in total. The molecule has 0 aliphatic carbocycles. The van der Waals surface area contributed by atoms with Gasteiger partial charge in [-0.15, -0.1) is 0 Å². The number of hydrogen-bond acceptors (Lipinski definition) is 4. The van der Waals surface area contributed by atoms with Gasteiger partial charge in [0.15, 0.2) is 0 Å². The highest BCUT2D eigenvalue weighted by Gasteiger charge is 2.32. The van der Waals surface area contributed by atoms with Crippen molar-refractivity contribution in [2.24, 2.45) is 0 Å². The van der Waals surface area contributed by atoms with Crippen molar-refractivity contribution < 1.29 is 4.79 Å². The molecule has 1 saturated heterocycles. The Morgan fingerprint density at radius 2 is 2.35 bits per heavy atom. The lowest BCUT2D eigenvalue weighted by Gasteiger charge is -2.43. The van der Waals surface area contributed by atoms with Gasteiger partial charge in [0.05, 0.1) is 6.54 Å². The lowest BCUT2D eigenvalue weighted by Crippen LogP contribution is -2.59. The Hall–Kier alpha value is -1.43. The normalized spacial score (nSPS) is 19.3. The molecule has 1 aliphatic heterocycles. The van der Waals surface area contributed by atoms with Crippen LogP contribution in [0.15, 0.2) is 12.7 Å². The number of carbonyl (C=O) groups excluding carboxylic acids is 1. The molecule has 17 heavy (non-hydrogen) atoms. The third-order valence-electron chi connectivity index (χ3n) is 3.12. The fourth-order valence-electron chi connectivity index (χ4n) is 2.14. The van der Waals surface area contributed by atoms with E-state index in [1.165, 1.54) is 6.33 Å². The minimum atomic E-state index is -0.0995. The van der Waals surface area contributed by atoms with E-state index in [2.05, 4.69) is 29.2 Å². The Kier molecular flexibility index (Phi) is 3.42. The quantitative estimate of drug-likeness (QED) is 0.796. The van der Waals surface area contributed by atoms with Crippen LogP contribution in [0.2, 0.25) is 0 Å². The van der Waals surface area contributed by atoms with Gasteiger partial charge in [-0.25, -0.2) is 4.98 Å². The number of carbonyl (C=O) groups is 1. The maximum absolute atomic E-state index is 12.1. The lowest BCUT2D eigenvalue weighted by atomic mass is 10.00. The maximum atomic E-state index is 12.1. The van der Waals surface area contributed by atoms with Crippen LogP contribution in [-0.4, -0.2) is 50.7 Å². The van der Waals surface area contributed by atoms with Gasteiger partial charge in [0.2, 0.25) is 5.91 Å². The SMILES string of the molecule is CC1(C)CNCCN1C(=O)CCn1cncn1. The van der Waals surface area contributed by atoms with Crippen molar-refractivity contribution in [3.05, 3.63) is 12.7 Å². The second-order valence-corrected chi connectivity index (χ2v) is 4.94. The molecule has 1 fully saturated rings. The second-order valence-electron chi connectivity index (χ2n) is 4.94. The summed E-state index contributed by atoms with van der Waals surface area (Å²) < 4.78 is 1.69. The molecule has 0 saturated carbocycles. The minimum Gasteiger partial charge on any atom is -0.335 e. The van der Waals surface area contributed by atoms with Crippen molar-refractivity contribution in [2.45, 2.75) is 32.4 Å². The van der Waals surface area contributed by atoms with Crippen molar-refractivity contribution in [3.63, 3.8) is 0 Å². The summed E-state index contributed by atoms with van der Waals surface area (Å²) in [4.78, 5) is 18.0. The second kappa shape index (κ2) is 4.83. The van der Waals surface area contributed by atoms with Crippen molar-refractivity contribution in [3.8, 4) is 0 Å². The van der Waals surface area contributed by atoms with Crippen molar-refractivity contribution in [1.82, 2.24) is 25.0 Å². The van der Waals surface area contributed by atoms with Gasteiger partial charge in [0.25, 0.3) is 0 Å². The molecule has 1 aromatic rings. The molecular weight excluding hydrogens is 218 g/mol. The molecule has 0 spiro atoms. The molecule has 0 radical (unpaired) electrons. The Bertz CT molecular complexity index is 373. The van der Waals surface area contributed by atoms with Gasteiger partial charge in [-0.1, -0.05) is 0 Å². The van der Waals surface area contributed by atoms with Crippen LogP contribution in [0.5, 0.6) is 0 Å². The molecule has 1 amide bonds. The van der Waals surface area contributed by atoms with Gasteiger partial charge < -0.3 is 10.2 Å². The first kappa shape index (κ1) is 12.0. The molecule has 0 aromatic carbocycles.